The van der Waals surface area contributed by atoms with Crippen LogP contribution < -0.4 is 4.72 Å². The van der Waals surface area contributed by atoms with Crippen LogP contribution in [0.5, 0.6) is 0 Å². The van der Waals surface area contributed by atoms with Crippen LogP contribution in [0.4, 0.5) is 0 Å². The van der Waals surface area contributed by atoms with E-state index >= 15 is 0 Å². The number of halogens is 2. The third kappa shape index (κ3) is 3.79. The van der Waals surface area contributed by atoms with Crippen molar-refractivity contribution in [2.75, 3.05) is 0 Å². The first kappa shape index (κ1) is 14.5. The molecule has 0 unspecified atom stereocenters. The molecule has 3 nitrogen and oxygen atoms in total. The predicted molar refractivity (Wildman–Crippen MR) is 79.4 cm³/mol. The Morgan fingerprint density at radius 1 is 1.17 bits per heavy atom. The summed E-state index contributed by atoms with van der Waals surface area (Å²) < 4.78 is 27.9. The fraction of sp³-hybridized carbons (Fsp3) is 0.500. The minimum atomic E-state index is -3.40. The summed E-state index contributed by atoms with van der Waals surface area (Å²) in [5.74, 6) is 0. The lowest BCUT2D eigenvalue weighted by Gasteiger charge is -2.25. The quantitative estimate of drug-likeness (QED) is 0.795. The van der Waals surface area contributed by atoms with E-state index < -0.39 is 10.0 Å². The zero-order chi connectivity index (χ0) is 13.2. The van der Waals surface area contributed by atoms with E-state index in [0.29, 0.717) is 9.72 Å². The van der Waals surface area contributed by atoms with Crippen LogP contribution in [0.15, 0.2) is 33.6 Å². The van der Waals surface area contributed by atoms with Gasteiger partial charge in [-0.15, -0.1) is 0 Å². The molecule has 0 amide bonds. The van der Waals surface area contributed by atoms with Gasteiger partial charge in [0.15, 0.2) is 0 Å². The van der Waals surface area contributed by atoms with E-state index in [-0.39, 0.29) is 6.04 Å². The number of benzene rings is 1. The van der Waals surface area contributed by atoms with Gasteiger partial charge in [0.05, 0.1) is 4.90 Å². The highest BCUT2D eigenvalue weighted by molar-refractivity contribution is 9.10. The second-order valence-corrected chi connectivity index (χ2v) is 8.45. The van der Waals surface area contributed by atoms with Gasteiger partial charge in [-0.05, 0) is 43.9 Å². The molecule has 6 heteroatoms. The number of sulfonamides is 1. The molecule has 1 aliphatic carbocycles. The molecular weight excluding hydrogens is 382 g/mol. The molecule has 18 heavy (non-hydrogen) atoms. The van der Waals surface area contributed by atoms with Crippen LogP contribution in [-0.4, -0.2) is 19.3 Å². The Hall–Kier alpha value is 0.0900. The maximum Gasteiger partial charge on any atom is 0.240 e. The van der Waals surface area contributed by atoms with Gasteiger partial charge in [-0.1, -0.05) is 37.9 Å². The maximum absolute atomic E-state index is 12.2. The van der Waals surface area contributed by atoms with Crippen molar-refractivity contribution in [3.05, 3.63) is 28.7 Å². The summed E-state index contributed by atoms with van der Waals surface area (Å²) in [5, 5.41) is 0. The van der Waals surface area contributed by atoms with Crippen LogP contribution in [0.25, 0.3) is 0 Å². The molecule has 0 heterocycles. The van der Waals surface area contributed by atoms with Gasteiger partial charge < -0.3 is 0 Å². The van der Waals surface area contributed by atoms with Crippen LogP contribution in [0.2, 0.25) is 0 Å². The third-order valence-electron chi connectivity index (χ3n) is 3.08. The summed E-state index contributed by atoms with van der Waals surface area (Å²) in [6, 6.07) is 6.84. The number of rotatable bonds is 3. The van der Waals surface area contributed by atoms with Crippen molar-refractivity contribution in [3.8, 4) is 0 Å². The van der Waals surface area contributed by atoms with Gasteiger partial charge in [0.25, 0.3) is 0 Å². The first-order valence-corrected chi connectivity index (χ1v) is 9.08. The Morgan fingerprint density at radius 2 is 1.83 bits per heavy atom. The van der Waals surface area contributed by atoms with Crippen LogP contribution in [0.3, 0.4) is 0 Å². The predicted octanol–water partition coefficient (Wildman–Crippen LogP) is 3.43. The van der Waals surface area contributed by atoms with Crippen molar-refractivity contribution in [1.82, 2.24) is 4.72 Å². The number of hydrogen-bond acceptors (Lipinski definition) is 2. The molecule has 1 fully saturated rings. The molecule has 0 aliphatic heterocycles. The van der Waals surface area contributed by atoms with Crippen LogP contribution in [-0.2, 0) is 10.0 Å². The van der Waals surface area contributed by atoms with Gasteiger partial charge in [-0.3, -0.25) is 0 Å². The normalized spacial score (nSPS) is 25.0. The molecule has 0 aromatic heterocycles. The zero-order valence-electron chi connectivity index (χ0n) is 9.77. The first-order valence-electron chi connectivity index (χ1n) is 5.89. The van der Waals surface area contributed by atoms with Crippen LogP contribution in [0, 0.1) is 0 Å². The monoisotopic (exact) mass is 395 g/mol. The fourth-order valence-electron chi connectivity index (χ4n) is 2.09. The van der Waals surface area contributed by atoms with Gasteiger partial charge >= 0.3 is 0 Å². The number of nitrogens with one attached hydrogen (secondary N) is 1. The summed E-state index contributed by atoms with van der Waals surface area (Å²) in [7, 11) is -3.40. The van der Waals surface area contributed by atoms with Gasteiger partial charge in [0.1, 0.15) is 0 Å². The van der Waals surface area contributed by atoms with E-state index in [0.717, 1.165) is 30.2 Å². The summed E-state index contributed by atoms with van der Waals surface area (Å²) in [6.07, 6.45) is 3.82. The van der Waals surface area contributed by atoms with Crippen molar-refractivity contribution >= 4 is 41.9 Å². The Morgan fingerprint density at radius 3 is 2.44 bits per heavy atom. The van der Waals surface area contributed by atoms with Gasteiger partial charge in [-0.2, -0.15) is 0 Å². The molecule has 0 atom stereocenters. The minimum Gasteiger partial charge on any atom is -0.208 e. The molecule has 1 aromatic carbocycles. The van der Waals surface area contributed by atoms with Crippen molar-refractivity contribution in [3.63, 3.8) is 0 Å². The third-order valence-corrected chi connectivity index (χ3v) is 6.01. The number of hydrogen-bond donors (Lipinski definition) is 1. The lowest BCUT2D eigenvalue weighted by molar-refractivity contribution is 0.422. The molecule has 1 N–H and O–H groups in total. The van der Waals surface area contributed by atoms with Crippen LogP contribution >= 0.6 is 31.9 Å². The summed E-state index contributed by atoms with van der Waals surface area (Å²) in [6.45, 7) is 0. The second-order valence-electron chi connectivity index (χ2n) is 4.53. The first-order chi connectivity index (χ1) is 8.47. The molecule has 100 valence electrons. The molecule has 0 saturated heterocycles. The molecule has 1 saturated carbocycles. The van der Waals surface area contributed by atoms with Gasteiger partial charge in [-0.25, -0.2) is 13.1 Å². The Balaban J connectivity index is 2.08. The highest BCUT2D eigenvalue weighted by atomic mass is 79.9. The SMILES string of the molecule is O=S(=O)(NC1CCC(Br)CC1)c1cccc(Br)c1. The largest absolute Gasteiger partial charge is 0.240 e. The van der Waals surface area contributed by atoms with E-state index in [1.54, 1.807) is 18.2 Å². The maximum atomic E-state index is 12.2. The summed E-state index contributed by atoms with van der Waals surface area (Å²) in [4.78, 5) is 0.849. The van der Waals surface area contributed by atoms with Crippen molar-refractivity contribution in [2.45, 2.75) is 41.4 Å². The van der Waals surface area contributed by atoms with E-state index in [1.807, 2.05) is 6.07 Å². The molecule has 0 radical (unpaired) electrons. The lowest BCUT2D eigenvalue weighted by atomic mass is 9.96. The van der Waals surface area contributed by atoms with E-state index in [1.165, 1.54) is 0 Å². The Bertz CT molecular complexity index is 511. The molecule has 1 aliphatic rings. The summed E-state index contributed by atoms with van der Waals surface area (Å²) in [5.41, 5.74) is 0. The zero-order valence-corrected chi connectivity index (χ0v) is 13.8. The van der Waals surface area contributed by atoms with Crippen LogP contribution in [0.1, 0.15) is 25.7 Å². The average molecular weight is 397 g/mol. The van der Waals surface area contributed by atoms with Gasteiger partial charge in [0, 0.05) is 15.3 Å². The van der Waals surface area contributed by atoms with Gasteiger partial charge in [0.2, 0.25) is 10.0 Å². The van der Waals surface area contributed by atoms with Crippen molar-refractivity contribution in [1.29, 1.82) is 0 Å². The highest BCUT2D eigenvalue weighted by Gasteiger charge is 2.24. The molecule has 0 bridgehead atoms. The average Bonchev–Trinajstić information content (AvgIpc) is 2.32. The Labute approximate surface area is 125 Å². The molecular formula is C12H15Br2NO2S. The Kier molecular flexibility index (Phi) is 4.86. The molecule has 1 aromatic rings. The molecule has 2 rings (SSSR count). The highest BCUT2D eigenvalue weighted by Crippen LogP contribution is 2.25. The van der Waals surface area contributed by atoms with E-state index in [4.69, 9.17) is 0 Å². The standard InChI is InChI=1S/C12H15Br2NO2S/c13-9-4-6-11(7-5-9)15-18(16,17)12-3-1-2-10(14)8-12/h1-3,8-9,11,15H,4-7H2. The molecule has 0 spiro atoms. The smallest absolute Gasteiger partial charge is 0.208 e. The van der Waals surface area contributed by atoms with E-state index in [9.17, 15) is 8.42 Å². The van der Waals surface area contributed by atoms with Crippen molar-refractivity contribution in [2.24, 2.45) is 0 Å². The van der Waals surface area contributed by atoms with E-state index in [2.05, 4.69) is 36.6 Å². The fourth-order valence-corrected chi connectivity index (χ4v) is 4.52. The lowest BCUT2D eigenvalue weighted by Crippen LogP contribution is -2.37. The van der Waals surface area contributed by atoms with Crippen molar-refractivity contribution < 1.29 is 8.42 Å². The summed E-state index contributed by atoms with van der Waals surface area (Å²) >= 11 is 6.86. The topological polar surface area (TPSA) is 46.2 Å². The second kappa shape index (κ2) is 6.03. The minimum absolute atomic E-state index is 0.0581. The number of alkyl halides is 1.